The number of thioether (sulfide) groups is 1. The van der Waals surface area contributed by atoms with Crippen molar-refractivity contribution in [3.63, 3.8) is 0 Å². The van der Waals surface area contributed by atoms with Crippen LogP contribution in [-0.4, -0.2) is 45.7 Å². The first-order valence-electron chi connectivity index (χ1n) is 28.3. The lowest BCUT2D eigenvalue weighted by Gasteiger charge is -2.53. The molecule has 12 aliphatic rings. The lowest BCUT2D eigenvalue weighted by atomic mass is 9.59. The van der Waals surface area contributed by atoms with Crippen LogP contribution in [0.4, 0.5) is 0 Å². The van der Waals surface area contributed by atoms with Crippen molar-refractivity contribution in [2.45, 2.75) is 266 Å². The predicted molar refractivity (Wildman–Crippen MR) is 247 cm³/mol. The maximum Gasteiger partial charge on any atom is 0.0621 e. The van der Waals surface area contributed by atoms with Gasteiger partial charge < -0.3 is 4.74 Å². The molecule has 0 N–H and O–H groups in total. The van der Waals surface area contributed by atoms with Gasteiger partial charge >= 0.3 is 0 Å². The molecule has 0 aromatic carbocycles. The Morgan fingerprint density at radius 3 is 1.24 bits per heavy atom. The lowest BCUT2D eigenvalue weighted by molar-refractivity contribution is -0.0267. The zero-order valence-corrected chi connectivity index (χ0v) is 39.0. The molecule has 0 radical (unpaired) electrons. The van der Waals surface area contributed by atoms with E-state index < -0.39 is 0 Å². The highest BCUT2D eigenvalue weighted by molar-refractivity contribution is 8.00. The molecule has 2 nitrogen and oxygen atoms in total. The summed E-state index contributed by atoms with van der Waals surface area (Å²) in [5.41, 5.74) is 0. The molecule has 332 valence electrons. The number of fused-ring (bicyclic) bond motifs is 9. The minimum absolute atomic E-state index is 0.626. The van der Waals surface area contributed by atoms with Crippen molar-refractivity contribution in [3.05, 3.63) is 0 Å². The molecule has 15 unspecified atom stereocenters. The van der Waals surface area contributed by atoms with Crippen LogP contribution in [0.15, 0.2) is 0 Å². The highest BCUT2D eigenvalue weighted by atomic mass is 32.2. The van der Waals surface area contributed by atoms with E-state index in [-0.39, 0.29) is 0 Å². The fraction of sp³-hybridized carbons (Fsp3) is 1.00. The van der Waals surface area contributed by atoms with Crippen molar-refractivity contribution < 1.29 is 4.74 Å². The van der Waals surface area contributed by atoms with Gasteiger partial charge in [-0.15, -0.1) is 0 Å². The van der Waals surface area contributed by atoms with E-state index in [9.17, 15) is 0 Å². The van der Waals surface area contributed by atoms with E-state index in [1.54, 1.807) is 186 Å². The highest BCUT2D eigenvalue weighted by Gasteiger charge is 2.60. The molecule has 0 bridgehead atoms. The number of ether oxygens (including phenoxy) is 1. The quantitative estimate of drug-likeness (QED) is 0.265. The maximum absolute atomic E-state index is 6.91. The first-order valence-corrected chi connectivity index (χ1v) is 29.3. The number of hydrogen-bond donors (Lipinski definition) is 0. The molecule has 12 fully saturated rings. The summed E-state index contributed by atoms with van der Waals surface area (Å²) in [5.74, 6) is 14.8. The van der Waals surface area contributed by atoms with E-state index >= 15 is 0 Å². The molecule has 2 saturated heterocycles. The average molecular weight is 826 g/mol. The van der Waals surface area contributed by atoms with Crippen molar-refractivity contribution in [1.82, 2.24) is 4.90 Å². The van der Waals surface area contributed by atoms with Gasteiger partial charge in [-0.05, 0) is 218 Å². The first kappa shape index (κ1) is 40.8. The molecular weight excluding hydrogens is 735 g/mol. The van der Waals surface area contributed by atoms with Crippen LogP contribution in [0.1, 0.15) is 225 Å². The second kappa shape index (κ2) is 17.9. The Morgan fingerprint density at radius 1 is 0.271 bits per heavy atom. The van der Waals surface area contributed by atoms with Crippen molar-refractivity contribution in [1.29, 1.82) is 0 Å². The van der Waals surface area contributed by atoms with Crippen LogP contribution < -0.4 is 0 Å². The van der Waals surface area contributed by atoms with Crippen molar-refractivity contribution in [2.75, 3.05) is 0 Å². The lowest BCUT2D eigenvalue weighted by Crippen LogP contribution is -2.54. The third kappa shape index (κ3) is 7.75. The zero-order valence-electron chi connectivity index (χ0n) is 38.1. The van der Waals surface area contributed by atoms with Gasteiger partial charge in [0, 0.05) is 34.5 Å². The van der Waals surface area contributed by atoms with Gasteiger partial charge in [0.2, 0.25) is 0 Å². The van der Waals surface area contributed by atoms with Crippen LogP contribution in [0.25, 0.3) is 0 Å². The van der Waals surface area contributed by atoms with Crippen molar-refractivity contribution in [2.24, 2.45) is 82.9 Å². The SMILES string of the molecule is C1CCC2C(C1)CCCC2C1CCC(N(C2CCC(C3CCCC4CCCCC43)CC2)C2CCC(C3CCCC4C5CCC6OC7CCCCC7C6C5SC34)CC2)CC1. The van der Waals surface area contributed by atoms with Gasteiger partial charge in [0.25, 0.3) is 0 Å². The van der Waals surface area contributed by atoms with Crippen LogP contribution in [0, 0.1) is 82.9 Å². The Kier molecular flexibility index (Phi) is 12.4. The van der Waals surface area contributed by atoms with E-state index in [0.29, 0.717) is 12.2 Å². The Morgan fingerprint density at radius 2 is 0.661 bits per heavy atom. The van der Waals surface area contributed by atoms with E-state index in [4.69, 9.17) is 4.74 Å². The van der Waals surface area contributed by atoms with E-state index in [1.807, 2.05) is 0 Å². The molecule has 2 heterocycles. The minimum Gasteiger partial charge on any atom is -0.374 e. The Balaban J connectivity index is 0.723. The summed E-state index contributed by atoms with van der Waals surface area (Å²) in [6.07, 6.45) is 55.5. The standard InChI is InChI=1S/C56H91NOS/c1-3-14-44-36(10-1)12-7-17-46(44)38-22-28-41(29-23-38)57(42-30-24-39(25-31-42)47-18-8-13-37-11-2-4-15-45(37)47)43-32-26-40(27-33-43)48-19-9-20-49-50-34-35-53-54(56(50)59-55(48)49)51-16-5-6-21-52(51)58-53/h36-56H,1-35H2. The van der Waals surface area contributed by atoms with Gasteiger partial charge in [0.15, 0.2) is 0 Å². The smallest absolute Gasteiger partial charge is 0.0621 e. The Labute approximate surface area is 368 Å². The van der Waals surface area contributed by atoms with Gasteiger partial charge in [-0.1, -0.05) is 83.5 Å². The molecule has 15 atom stereocenters. The van der Waals surface area contributed by atoms with Crippen LogP contribution in [0.3, 0.4) is 0 Å². The summed E-state index contributed by atoms with van der Waals surface area (Å²) in [6.45, 7) is 0. The minimum atomic E-state index is 0.626. The van der Waals surface area contributed by atoms with Crippen molar-refractivity contribution in [3.8, 4) is 0 Å². The fourth-order valence-electron chi connectivity index (χ4n) is 20.6. The topological polar surface area (TPSA) is 12.5 Å². The van der Waals surface area contributed by atoms with Gasteiger partial charge in [0.1, 0.15) is 0 Å². The first-order chi connectivity index (χ1) is 29.2. The molecule has 0 aromatic heterocycles. The second-order valence-corrected chi connectivity index (χ2v) is 26.4. The van der Waals surface area contributed by atoms with Crippen LogP contribution in [-0.2, 0) is 4.74 Å². The third-order valence-electron chi connectivity index (χ3n) is 23.0. The average Bonchev–Trinajstić information content (AvgIpc) is 3.88. The largest absolute Gasteiger partial charge is 0.374 e. The van der Waals surface area contributed by atoms with Gasteiger partial charge in [-0.2, -0.15) is 11.8 Å². The second-order valence-electron chi connectivity index (χ2n) is 25.1. The van der Waals surface area contributed by atoms with Crippen LogP contribution >= 0.6 is 11.8 Å². The van der Waals surface area contributed by atoms with E-state index in [1.165, 1.54) is 38.5 Å². The predicted octanol–water partition coefficient (Wildman–Crippen LogP) is 15.1. The van der Waals surface area contributed by atoms with Crippen LogP contribution in [0.5, 0.6) is 0 Å². The summed E-state index contributed by atoms with van der Waals surface area (Å²) in [5, 5.41) is 1.94. The normalized spacial score (nSPS) is 53.9. The summed E-state index contributed by atoms with van der Waals surface area (Å²) in [4.78, 5) is 3.40. The molecule has 2 aliphatic heterocycles. The molecule has 10 aliphatic carbocycles. The monoisotopic (exact) mass is 826 g/mol. The fourth-order valence-corrected chi connectivity index (χ4v) is 23.2. The van der Waals surface area contributed by atoms with Crippen LogP contribution in [0.2, 0.25) is 0 Å². The molecule has 0 spiro atoms. The molecule has 0 aromatic rings. The van der Waals surface area contributed by atoms with Gasteiger partial charge in [-0.3, -0.25) is 4.90 Å². The number of nitrogens with zero attached hydrogens (tertiary/aromatic N) is 1. The Hall–Kier alpha value is 0.270. The molecule has 10 saturated carbocycles. The van der Waals surface area contributed by atoms with E-state index in [2.05, 4.69) is 16.7 Å². The van der Waals surface area contributed by atoms with Crippen molar-refractivity contribution >= 4 is 11.8 Å². The molecule has 3 heteroatoms. The molecular formula is C56H91NOS. The summed E-state index contributed by atoms with van der Waals surface area (Å²) in [6, 6.07) is 2.73. The van der Waals surface area contributed by atoms with Gasteiger partial charge in [-0.25, -0.2) is 0 Å². The van der Waals surface area contributed by atoms with E-state index in [0.717, 1.165) is 111 Å². The third-order valence-corrected chi connectivity index (χ3v) is 25.0. The molecule has 0 amide bonds. The number of hydrogen-bond acceptors (Lipinski definition) is 3. The highest BCUT2D eigenvalue weighted by Crippen LogP contribution is 2.64. The molecule has 59 heavy (non-hydrogen) atoms. The van der Waals surface area contributed by atoms with Gasteiger partial charge in [0.05, 0.1) is 12.2 Å². The number of rotatable bonds is 6. The summed E-state index contributed by atoms with van der Waals surface area (Å²) in [7, 11) is 0. The zero-order chi connectivity index (χ0) is 38.9. The molecule has 12 rings (SSSR count). The Bertz CT molecular complexity index is 1320. The maximum atomic E-state index is 6.91. The summed E-state index contributed by atoms with van der Waals surface area (Å²) < 4.78 is 6.91. The summed E-state index contributed by atoms with van der Waals surface area (Å²) >= 11 is 2.61.